The number of amides is 1. The predicted octanol–water partition coefficient (Wildman–Crippen LogP) is 1.72. The van der Waals surface area contributed by atoms with E-state index in [-0.39, 0.29) is 5.91 Å². The highest BCUT2D eigenvalue weighted by atomic mass is 16.4. The maximum Gasteiger partial charge on any atom is 0.329 e. The molecule has 1 rings (SSSR count). The van der Waals surface area contributed by atoms with Crippen LogP contribution in [0, 0.1) is 6.92 Å². The fraction of sp³-hybridized carbons (Fsp3) is 0.462. The highest BCUT2D eigenvalue weighted by Gasteiger charge is 2.37. The molecule has 0 aliphatic heterocycles. The van der Waals surface area contributed by atoms with E-state index in [0.29, 0.717) is 12.2 Å². The SMILES string of the molecule is CCN(C(=O)c1ncccc1C)C(C)(C)C(=O)O. The van der Waals surface area contributed by atoms with E-state index in [2.05, 4.69) is 4.98 Å². The number of hydrogen-bond acceptors (Lipinski definition) is 3. The van der Waals surface area contributed by atoms with Gasteiger partial charge in [-0.15, -0.1) is 0 Å². The fourth-order valence-electron chi connectivity index (χ4n) is 1.75. The van der Waals surface area contributed by atoms with Gasteiger partial charge in [-0.3, -0.25) is 9.78 Å². The minimum atomic E-state index is -1.25. The molecule has 0 aliphatic rings. The Morgan fingerprint density at radius 3 is 2.50 bits per heavy atom. The molecule has 98 valence electrons. The van der Waals surface area contributed by atoms with E-state index < -0.39 is 11.5 Å². The number of likely N-dealkylation sites (N-methyl/N-ethyl adjacent to an activating group) is 1. The van der Waals surface area contributed by atoms with Crippen molar-refractivity contribution in [2.45, 2.75) is 33.2 Å². The number of carboxylic acids is 1. The lowest BCUT2D eigenvalue weighted by Gasteiger charge is -2.34. The number of aromatic nitrogens is 1. The van der Waals surface area contributed by atoms with Crippen LogP contribution in [0.4, 0.5) is 0 Å². The number of carbonyl (C=O) groups is 2. The molecule has 0 unspecified atom stereocenters. The molecule has 5 nitrogen and oxygen atoms in total. The minimum Gasteiger partial charge on any atom is -0.480 e. The zero-order chi connectivity index (χ0) is 13.9. The van der Waals surface area contributed by atoms with Crippen molar-refractivity contribution >= 4 is 11.9 Å². The van der Waals surface area contributed by atoms with Crippen molar-refractivity contribution in [3.63, 3.8) is 0 Å². The fourth-order valence-corrected chi connectivity index (χ4v) is 1.75. The summed E-state index contributed by atoms with van der Waals surface area (Å²) in [6.45, 7) is 6.86. The van der Waals surface area contributed by atoms with Gasteiger partial charge in [0.25, 0.3) is 5.91 Å². The first-order valence-electron chi connectivity index (χ1n) is 5.79. The smallest absolute Gasteiger partial charge is 0.329 e. The minimum absolute atomic E-state index is 0.300. The summed E-state index contributed by atoms with van der Waals surface area (Å²) < 4.78 is 0. The van der Waals surface area contributed by atoms with Gasteiger partial charge in [0.1, 0.15) is 11.2 Å². The molecule has 18 heavy (non-hydrogen) atoms. The maximum atomic E-state index is 12.3. The molecule has 0 fully saturated rings. The van der Waals surface area contributed by atoms with Crippen LogP contribution in [-0.4, -0.2) is 39.0 Å². The van der Waals surface area contributed by atoms with E-state index in [1.807, 2.05) is 0 Å². The lowest BCUT2D eigenvalue weighted by atomic mass is 10.0. The Morgan fingerprint density at radius 2 is 2.06 bits per heavy atom. The second-order valence-electron chi connectivity index (χ2n) is 4.58. The van der Waals surface area contributed by atoms with Crippen molar-refractivity contribution in [1.29, 1.82) is 0 Å². The number of hydrogen-bond donors (Lipinski definition) is 1. The van der Waals surface area contributed by atoms with E-state index in [9.17, 15) is 14.7 Å². The van der Waals surface area contributed by atoms with Crippen LogP contribution < -0.4 is 0 Å². The second-order valence-corrected chi connectivity index (χ2v) is 4.58. The third-order valence-electron chi connectivity index (χ3n) is 2.97. The van der Waals surface area contributed by atoms with Crippen LogP contribution in [0.5, 0.6) is 0 Å². The van der Waals surface area contributed by atoms with E-state index in [4.69, 9.17) is 0 Å². The quantitative estimate of drug-likeness (QED) is 0.883. The van der Waals surface area contributed by atoms with Crippen molar-refractivity contribution < 1.29 is 14.7 Å². The van der Waals surface area contributed by atoms with Crippen LogP contribution in [0.25, 0.3) is 0 Å². The van der Waals surface area contributed by atoms with Gasteiger partial charge in [0.2, 0.25) is 0 Å². The summed E-state index contributed by atoms with van der Waals surface area (Å²) in [6, 6.07) is 3.52. The number of nitrogens with zero attached hydrogens (tertiary/aromatic N) is 2. The van der Waals surface area contributed by atoms with Crippen molar-refractivity contribution in [3.8, 4) is 0 Å². The average Bonchev–Trinajstić information content (AvgIpc) is 2.29. The third kappa shape index (κ3) is 2.50. The van der Waals surface area contributed by atoms with Crippen LogP contribution in [0.2, 0.25) is 0 Å². The second kappa shape index (κ2) is 5.16. The zero-order valence-corrected chi connectivity index (χ0v) is 11.1. The van der Waals surface area contributed by atoms with Gasteiger partial charge in [-0.25, -0.2) is 4.79 Å². The summed E-state index contributed by atoms with van der Waals surface area (Å²) >= 11 is 0. The molecule has 0 atom stereocenters. The highest BCUT2D eigenvalue weighted by molar-refractivity contribution is 5.97. The number of carboxylic acid groups (broad SMARTS) is 1. The molecule has 1 aromatic rings. The number of pyridine rings is 1. The Kier molecular flexibility index (Phi) is 4.06. The normalized spacial score (nSPS) is 11.1. The third-order valence-corrected chi connectivity index (χ3v) is 2.97. The summed E-state index contributed by atoms with van der Waals surface area (Å²) in [5.41, 5.74) is -0.216. The molecule has 1 amide bonds. The first-order valence-corrected chi connectivity index (χ1v) is 5.79. The molecule has 0 saturated carbocycles. The highest BCUT2D eigenvalue weighted by Crippen LogP contribution is 2.18. The molecule has 0 spiro atoms. The largest absolute Gasteiger partial charge is 0.480 e. The van der Waals surface area contributed by atoms with Crippen LogP contribution in [-0.2, 0) is 4.79 Å². The summed E-state index contributed by atoms with van der Waals surface area (Å²) in [5.74, 6) is -1.39. The van der Waals surface area contributed by atoms with Crippen LogP contribution in [0.1, 0.15) is 36.8 Å². The first-order chi connectivity index (χ1) is 8.32. The van der Waals surface area contributed by atoms with Gasteiger partial charge in [0, 0.05) is 12.7 Å². The van der Waals surface area contributed by atoms with Crippen LogP contribution in [0.15, 0.2) is 18.3 Å². The summed E-state index contributed by atoms with van der Waals surface area (Å²) in [7, 11) is 0. The van der Waals surface area contributed by atoms with Crippen LogP contribution in [0.3, 0.4) is 0 Å². The van der Waals surface area contributed by atoms with Gasteiger partial charge in [-0.05, 0) is 39.3 Å². The van der Waals surface area contributed by atoms with Crippen LogP contribution >= 0.6 is 0 Å². The molecule has 0 aromatic carbocycles. The summed E-state index contributed by atoms with van der Waals surface area (Å²) in [4.78, 5) is 28.9. The molecule has 1 aromatic heterocycles. The van der Waals surface area contributed by atoms with Crippen molar-refractivity contribution in [2.75, 3.05) is 6.54 Å². The molecule has 0 radical (unpaired) electrons. The molecule has 5 heteroatoms. The molecular weight excluding hydrogens is 232 g/mol. The molecule has 1 heterocycles. The Balaban J connectivity index is 3.16. The predicted molar refractivity (Wildman–Crippen MR) is 67.4 cm³/mol. The average molecular weight is 250 g/mol. The standard InChI is InChI=1S/C13H18N2O3/c1-5-15(13(3,4)12(17)18)11(16)10-9(2)7-6-8-14-10/h6-8H,5H2,1-4H3,(H,17,18). The molecule has 0 saturated heterocycles. The topological polar surface area (TPSA) is 70.5 Å². The Hall–Kier alpha value is -1.91. The molecule has 0 bridgehead atoms. The van der Waals surface area contributed by atoms with E-state index in [1.165, 1.54) is 24.9 Å². The molecule has 1 N–H and O–H groups in total. The Morgan fingerprint density at radius 1 is 1.44 bits per heavy atom. The van der Waals surface area contributed by atoms with Gasteiger partial charge in [0.15, 0.2) is 0 Å². The monoisotopic (exact) mass is 250 g/mol. The lowest BCUT2D eigenvalue weighted by Crippen LogP contribution is -2.53. The summed E-state index contributed by atoms with van der Waals surface area (Å²) in [6.07, 6.45) is 1.53. The zero-order valence-electron chi connectivity index (χ0n) is 11.1. The maximum absolute atomic E-state index is 12.3. The number of aliphatic carboxylic acids is 1. The lowest BCUT2D eigenvalue weighted by molar-refractivity contribution is -0.147. The summed E-state index contributed by atoms with van der Waals surface area (Å²) in [5, 5.41) is 9.19. The van der Waals surface area contributed by atoms with Crippen molar-refractivity contribution in [2.24, 2.45) is 0 Å². The first kappa shape index (κ1) is 14.2. The Bertz CT molecular complexity index is 469. The van der Waals surface area contributed by atoms with Gasteiger partial charge in [-0.2, -0.15) is 0 Å². The number of aryl methyl sites for hydroxylation is 1. The van der Waals surface area contributed by atoms with Gasteiger partial charge < -0.3 is 10.0 Å². The molecule has 0 aliphatic carbocycles. The van der Waals surface area contributed by atoms with E-state index in [1.54, 1.807) is 26.0 Å². The van der Waals surface area contributed by atoms with Crippen molar-refractivity contribution in [3.05, 3.63) is 29.6 Å². The van der Waals surface area contributed by atoms with Crippen molar-refractivity contribution in [1.82, 2.24) is 9.88 Å². The van der Waals surface area contributed by atoms with Gasteiger partial charge in [0.05, 0.1) is 0 Å². The van der Waals surface area contributed by atoms with E-state index in [0.717, 1.165) is 5.56 Å². The van der Waals surface area contributed by atoms with Gasteiger partial charge in [-0.1, -0.05) is 6.07 Å². The van der Waals surface area contributed by atoms with Gasteiger partial charge >= 0.3 is 5.97 Å². The number of rotatable bonds is 4. The Labute approximate surface area is 106 Å². The number of carbonyl (C=O) groups excluding carboxylic acids is 1. The molecular formula is C13H18N2O3. The van der Waals surface area contributed by atoms with E-state index >= 15 is 0 Å².